The summed E-state index contributed by atoms with van der Waals surface area (Å²) in [6, 6.07) is 0.877. The summed E-state index contributed by atoms with van der Waals surface area (Å²) in [5.41, 5.74) is 0.264. The Morgan fingerprint density at radius 3 is 2.07 bits per heavy atom. The van der Waals surface area contributed by atoms with E-state index in [4.69, 9.17) is 0 Å². The molecule has 0 amide bonds. The molecule has 0 aliphatic heterocycles. The van der Waals surface area contributed by atoms with Crippen molar-refractivity contribution in [1.29, 1.82) is 0 Å². The molecule has 1 N–H and O–H groups in total. The topological polar surface area (TPSA) is 15.3 Å². The molecule has 0 atom stereocenters. The predicted octanol–water partition coefficient (Wildman–Crippen LogP) is 2.89. The van der Waals surface area contributed by atoms with E-state index in [-0.39, 0.29) is 5.54 Å². The standard InChI is InChI=1S/C11H24N2.C2H6/c1-11(2,3)12-8-9-13(4)10-6-5-7-10;1-2/h10,12H,5-9H2,1-4H3;1-2H3. The number of nitrogens with one attached hydrogen (secondary N) is 1. The maximum atomic E-state index is 3.51. The highest BCUT2D eigenvalue weighted by molar-refractivity contribution is 4.79. The van der Waals surface area contributed by atoms with Crippen LogP contribution in [0.25, 0.3) is 0 Å². The van der Waals surface area contributed by atoms with Gasteiger partial charge in [-0.3, -0.25) is 0 Å². The van der Waals surface area contributed by atoms with E-state index >= 15 is 0 Å². The molecule has 0 bridgehead atoms. The van der Waals surface area contributed by atoms with Gasteiger partial charge in [-0.1, -0.05) is 20.3 Å². The lowest BCUT2D eigenvalue weighted by Gasteiger charge is -2.35. The number of rotatable bonds is 4. The zero-order valence-corrected chi connectivity index (χ0v) is 11.6. The van der Waals surface area contributed by atoms with E-state index < -0.39 is 0 Å². The van der Waals surface area contributed by atoms with Gasteiger partial charge in [0.25, 0.3) is 0 Å². The van der Waals surface area contributed by atoms with Crippen molar-refractivity contribution < 1.29 is 0 Å². The van der Waals surface area contributed by atoms with Crippen LogP contribution in [0.15, 0.2) is 0 Å². The summed E-state index contributed by atoms with van der Waals surface area (Å²) in [5.74, 6) is 0. The third-order valence-corrected chi connectivity index (χ3v) is 2.82. The van der Waals surface area contributed by atoms with Gasteiger partial charge in [-0.15, -0.1) is 0 Å². The Kier molecular flexibility index (Phi) is 7.20. The second-order valence-corrected chi connectivity index (χ2v) is 5.24. The fourth-order valence-electron chi connectivity index (χ4n) is 1.62. The van der Waals surface area contributed by atoms with Crippen LogP contribution < -0.4 is 5.32 Å². The molecule has 0 unspecified atom stereocenters. The number of hydrogen-bond acceptors (Lipinski definition) is 2. The van der Waals surface area contributed by atoms with Crippen molar-refractivity contribution in [3.63, 3.8) is 0 Å². The van der Waals surface area contributed by atoms with Crippen molar-refractivity contribution in [2.75, 3.05) is 20.1 Å². The first-order chi connectivity index (χ1) is 6.99. The van der Waals surface area contributed by atoms with Crippen LogP contribution in [0.4, 0.5) is 0 Å². The average molecular weight is 214 g/mol. The summed E-state index contributed by atoms with van der Waals surface area (Å²) in [6.07, 6.45) is 4.25. The van der Waals surface area contributed by atoms with Crippen LogP contribution in [0, 0.1) is 0 Å². The summed E-state index contributed by atoms with van der Waals surface area (Å²) in [6.45, 7) is 12.9. The molecule has 0 aromatic rings. The van der Waals surface area contributed by atoms with E-state index in [0.29, 0.717) is 0 Å². The van der Waals surface area contributed by atoms with Crippen molar-refractivity contribution in [1.82, 2.24) is 10.2 Å². The lowest BCUT2D eigenvalue weighted by molar-refractivity contribution is 0.157. The van der Waals surface area contributed by atoms with E-state index in [1.807, 2.05) is 13.8 Å². The number of nitrogens with zero attached hydrogens (tertiary/aromatic N) is 1. The van der Waals surface area contributed by atoms with Crippen LogP contribution in [0.5, 0.6) is 0 Å². The molecule has 0 spiro atoms. The molecule has 2 nitrogen and oxygen atoms in total. The second-order valence-electron chi connectivity index (χ2n) is 5.24. The van der Waals surface area contributed by atoms with E-state index in [2.05, 4.69) is 38.0 Å². The van der Waals surface area contributed by atoms with Crippen LogP contribution >= 0.6 is 0 Å². The Morgan fingerprint density at radius 2 is 1.73 bits per heavy atom. The van der Waals surface area contributed by atoms with Gasteiger partial charge in [0.2, 0.25) is 0 Å². The van der Waals surface area contributed by atoms with Crippen LogP contribution in [0.1, 0.15) is 53.9 Å². The van der Waals surface area contributed by atoms with Crippen molar-refractivity contribution in [2.24, 2.45) is 0 Å². The Morgan fingerprint density at radius 1 is 1.20 bits per heavy atom. The van der Waals surface area contributed by atoms with Gasteiger partial charge >= 0.3 is 0 Å². The third-order valence-electron chi connectivity index (χ3n) is 2.82. The minimum atomic E-state index is 0.264. The zero-order valence-electron chi connectivity index (χ0n) is 11.6. The average Bonchev–Trinajstić information content (AvgIpc) is 2.02. The zero-order chi connectivity index (χ0) is 11.9. The Balaban J connectivity index is 0.000000921. The largest absolute Gasteiger partial charge is 0.311 e. The van der Waals surface area contributed by atoms with Crippen molar-refractivity contribution in [3.05, 3.63) is 0 Å². The lowest BCUT2D eigenvalue weighted by Crippen LogP contribution is -2.44. The van der Waals surface area contributed by atoms with Gasteiger partial charge in [-0.05, 0) is 40.7 Å². The van der Waals surface area contributed by atoms with Crippen molar-refractivity contribution >= 4 is 0 Å². The second kappa shape index (κ2) is 7.24. The molecule has 1 rings (SSSR count). The molecule has 1 aliphatic carbocycles. The first-order valence-electron chi connectivity index (χ1n) is 6.44. The monoisotopic (exact) mass is 214 g/mol. The Bertz CT molecular complexity index is 145. The van der Waals surface area contributed by atoms with Crippen molar-refractivity contribution in [3.8, 4) is 0 Å². The smallest absolute Gasteiger partial charge is 0.0107 e. The predicted molar refractivity (Wildman–Crippen MR) is 69.4 cm³/mol. The molecule has 1 saturated carbocycles. The summed E-state index contributed by atoms with van der Waals surface area (Å²) in [5, 5.41) is 3.51. The summed E-state index contributed by atoms with van der Waals surface area (Å²) in [7, 11) is 2.24. The highest BCUT2D eigenvalue weighted by Crippen LogP contribution is 2.22. The molecule has 0 heterocycles. The summed E-state index contributed by atoms with van der Waals surface area (Å²) in [4.78, 5) is 2.49. The first kappa shape index (κ1) is 14.9. The summed E-state index contributed by atoms with van der Waals surface area (Å²) >= 11 is 0. The fraction of sp³-hybridized carbons (Fsp3) is 1.00. The molecule has 92 valence electrons. The molecule has 1 aliphatic rings. The number of hydrogen-bond donors (Lipinski definition) is 1. The molecule has 0 radical (unpaired) electrons. The van der Waals surface area contributed by atoms with Gasteiger partial charge in [-0.25, -0.2) is 0 Å². The highest BCUT2D eigenvalue weighted by Gasteiger charge is 2.21. The van der Waals surface area contributed by atoms with Crippen LogP contribution in [0.3, 0.4) is 0 Å². The van der Waals surface area contributed by atoms with E-state index in [9.17, 15) is 0 Å². The molecule has 15 heavy (non-hydrogen) atoms. The molecule has 0 aromatic heterocycles. The fourth-order valence-corrected chi connectivity index (χ4v) is 1.62. The Hall–Kier alpha value is -0.0800. The normalized spacial score (nSPS) is 17.0. The van der Waals surface area contributed by atoms with E-state index in [0.717, 1.165) is 12.6 Å². The highest BCUT2D eigenvalue weighted by atomic mass is 15.2. The van der Waals surface area contributed by atoms with Gasteiger partial charge in [-0.2, -0.15) is 0 Å². The molecule has 0 saturated heterocycles. The maximum absolute atomic E-state index is 3.51. The van der Waals surface area contributed by atoms with Gasteiger partial charge in [0.1, 0.15) is 0 Å². The Labute approximate surface area is 96.4 Å². The lowest BCUT2D eigenvalue weighted by atomic mass is 9.92. The van der Waals surface area contributed by atoms with E-state index in [1.165, 1.54) is 25.8 Å². The maximum Gasteiger partial charge on any atom is 0.0107 e. The van der Waals surface area contributed by atoms with Gasteiger partial charge < -0.3 is 10.2 Å². The van der Waals surface area contributed by atoms with Gasteiger partial charge in [0.15, 0.2) is 0 Å². The molecule has 1 fully saturated rings. The minimum absolute atomic E-state index is 0.264. The van der Waals surface area contributed by atoms with Gasteiger partial charge in [0, 0.05) is 24.7 Å². The molecule has 2 heteroatoms. The van der Waals surface area contributed by atoms with E-state index in [1.54, 1.807) is 0 Å². The van der Waals surface area contributed by atoms with Crippen LogP contribution in [0.2, 0.25) is 0 Å². The van der Waals surface area contributed by atoms with Crippen molar-refractivity contribution in [2.45, 2.75) is 65.5 Å². The molecular formula is C13H30N2. The van der Waals surface area contributed by atoms with Crippen LogP contribution in [-0.4, -0.2) is 36.6 Å². The summed E-state index contributed by atoms with van der Waals surface area (Å²) < 4.78 is 0. The quantitative estimate of drug-likeness (QED) is 0.774. The minimum Gasteiger partial charge on any atom is -0.311 e. The molecule has 0 aromatic carbocycles. The SMILES string of the molecule is CC.CN(CCNC(C)(C)C)C1CCC1. The van der Waals surface area contributed by atoms with Crippen LogP contribution in [-0.2, 0) is 0 Å². The third kappa shape index (κ3) is 6.91. The first-order valence-corrected chi connectivity index (χ1v) is 6.44. The van der Waals surface area contributed by atoms with Gasteiger partial charge in [0.05, 0.1) is 0 Å². The number of likely N-dealkylation sites (N-methyl/N-ethyl adjacent to an activating group) is 1. The molecular weight excluding hydrogens is 184 g/mol.